The predicted octanol–water partition coefficient (Wildman–Crippen LogP) is 2.37. The molecule has 1 N–H and O–H groups in total. The van der Waals surface area contributed by atoms with Crippen LogP contribution in [0.15, 0.2) is 22.7 Å². The van der Waals surface area contributed by atoms with Crippen LogP contribution in [0.3, 0.4) is 0 Å². The third-order valence-electron chi connectivity index (χ3n) is 2.93. The molecule has 1 unspecified atom stereocenters. The molecule has 1 aliphatic rings. The number of benzene rings is 1. The Kier molecular flexibility index (Phi) is 3.34. The van der Waals surface area contributed by atoms with Crippen LogP contribution in [0.25, 0.3) is 0 Å². The fourth-order valence-electron chi connectivity index (χ4n) is 2.16. The van der Waals surface area contributed by atoms with Gasteiger partial charge in [-0.05, 0) is 31.0 Å². The Labute approximate surface area is 108 Å². The van der Waals surface area contributed by atoms with Crippen molar-refractivity contribution in [3.8, 4) is 6.07 Å². The van der Waals surface area contributed by atoms with E-state index in [1.54, 1.807) is 17.0 Å². The first kappa shape index (κ1) is 11.9. The molecule has 2 rings (SSSR count). The number of carbonyl (C=O) groups is 1. The van der Waals surface area contributed by atoms with Crippen molar-refractivity contribution in [1.29, 1.82) is 5.26 Å². The van der Waals surface area contributed by atoms with Crippen LogP contribution in [-0.2, 0) is 4.79 Å². The number of halogens is 1. The summed E-state index contributed by atoms with van der Waals surface area (Å²) in [7, 11) is 0. The van der Waals surface area contributed by atoms with Gasteiger partial charge in [0.15, 0.2) is 0 Å². The summed E-state index contributed by atoms with van der Waals surface area (Å²) in [6, 6.07) is 6.93. The Morgan fingerprint density at radius 1 is 1.59 bits per heavy atom. The van der Waals surface area contributed by atoms with E-state index in [-0.39, 0.29) is 0 Å². The zero-order valence-electron chi connectivity index (χ0n) is 9.06. The van der Waals surface area contributed by atoms with Crippen LogP contribution in [0.2, 0.25) is 0 Å². The minimum Gasteiger partial charge on any atom is -0.480 e. The average molecular weight is 295 g/mol. The maximum atomic E-state index is 11.1. The lowest BCUT2D eigenvalue weighted by atomic mass is 10.1. The number of hydrogen-bond acceptors (Lipinski definition) is 3. The van der Waals surface area contributed by atoms with E-state index in [4.69, 9.17) is 10.4 Å². The monoisotopic (exact) mass is 294 g/mol. The average Bonchev–Trinajstić information content (AvgIpc) is 2.77. The van der Waals surface area contributed by atoms with Gasteiger partial charge in [0.25, 0.3) is 0 Å². The van der Waals surface area contributed by atoms with Gasteiger partial charge in [0.2, 0.25) is 0 Å². The molecular weight excluding hydrogens is 284 g/mol. The van der Waals surface area contributed by atoms with Crippen LogP contribution in [0.4, 0.5) is 5.69 Å². The van der Waals surface area contributed by atoms with Crippen LogP contribution >= 0.6 is 15.9 Å². The standard InChI is InChI=1S/C12H11BrN2O2/c13-9-3-4-10(8(6-9)7-14)15-5-1-2-11(15)12(16)17/h3-4,6,11H,1-2,5H2,(H,16,17). The first-order chi connectivity index (χ1) is 8.13. The topological polar surface area (TPSA) is 64.3 Å². The van der Waals surface area contributed by atoms with Crippen LogP contribution in [0.1, 0.15) is 18.4 Å². The second-order valence-corrected chi connectivity index (χ2v) is 4.88. The van der Waals surface area contributed by atoms with Crippen LogP contribution in [0.5, 0.6) is 0 Å². The van der Waals surface area contributed by atoms with Gasteiger partial charge in [-0.1, -0.05) is 15.9 Å². The van der Waals surface area contributed by atoms with Crippen molar-refractivity contribution < 1.29 is 9.90 Å². The summed E-state index contributed by atoms with van der Waals surface area (Å²) >= 11 is 3.30. The van der Waals surface area contributed by atoms with Crippen LogP contribution < -0.4 is 4.90 Å². The lowest BCUT2D eigenvalue weighted by molar-refractivity contribution is -0.138. The molecule has 0 amide bonds. The minimum absolute atomic E-state index is 0.507. The minimum atomic E-state index is -0.825. The van der Waals surface area contributed by atoms with E-state index in [2.05, 4.69) is 22.0 Å². The second kappa shape index (κ2) is 4.76. The van der Waals surface area contributed by atoms with E-state index in [9.17, 15) is 4.79 Å². The lowest BCUT2D eigenvalue weighted by Crippen LogP contribution is -2.36. The normalized spacial score (nSPS) is 19.1. The molecule has 1 aromatic rings. The van der Waals surface area contributed by atoms with Gasteiger partial charge in [-0.25, -0.2) is 4.79 Å². The molecule has 1 atom stereocenters. The molecule has 1 aromatic carbocycles. The van der Waals surface area contributed by atoms with Gasteiger partial charge in [0, 0.05) is 11.0 Å². The van der Waals surface area contributed by atoms with Gasteiger partial charge >= 0.3 is 5.97 Å². The first-order valence-corrected chi connectivity index (χ1v) is 6.12. The Morgan fingerprint density at radius 3 is 3.00 bits per heavy atom. The van der Waals surface area contributed by atoms with Gasteiger partial charge in [-0.3, -0.25) is 0 Å². The zero-order valence-corrected chi connectivity index (χ0v) is 10.6. The van der Waals surface area contributed by atoms with Crippen molar-refractivity contribution in [3.63, 3.8) is 0 Å². The van der Waals surface area contributed by atoms with Crippen LogP contribution in [-0.4, -0.2) is 23.7 Å². The second-order valence-electron chi connectivity index (χ2n) is 3.96. The van der Waals surface area contributed by atoms with Crippen molar-refractivity contribution in [2.24, 2.45) is 0 Å². The molecule has 1 saturated heterocycles. The molecule has 17 heavy (non-hydrogen) atoms. The van der Waals surface area contributed by atoms with E-state index in [1.807, 2.05) is 6.07 Å². The molecule has 88 valence electrons. The van der Waals surface area contributed by atoms with Crippen molar-refractivity contribution in [2.45, 2.75) is 18.9 Å². The summed E-state index contributed by atoms with van der Waals surface area (Å²) in [6.45, 7) is 0.688. The van der Waals surface area contributed by atoms with Gasteiger partial charge in [0.1, 0.15) is 12.1 Å². The van der Waals surface area contributed by atoms with E-state index >= 15 is 0 Å². The molecule has 0 spiro atoms. The molecular formula is C12H11BrN2O2. The number of hydrogen-bond donors (Lipinski definition) is 1. The van der Waals surface area contributed by atoms with Crippen LogP contribution in [0, 0.1) is 11.3 Å². The Morgan fingerprint density at radius 2 is 2.35 bits per heavy atom. The number of rotatable bonds is 2. The summed E-state index contributed by atoms with van der Waals surface area (Å²) in [5.74, 6) is -0.825. The Bertz CT molecular complexity index is 496. The molecule has 0 bridgehead atoms. The third-order valence-corrected chi connectivity index (χ3v) is 3.42. The van der Waals surface area contributed by atoms with Crippen molar-refractivity contribution in [1.82, 2.24) is 0 Å². The van der Waals surface area contributed by atoms with Gasteiger partial charge in [-0.15, -0.1) is 0 Å². The largest absolute Gasteiger partial charge is 0.480 e. The highest BCUT2D eigenvalue weighted by Gasteiger charge is 2.31. The molecule has 0 aliphatic carbocycles. The molecule has 1 aliphatic heterocycles. The van der Waals surface area contributed by atoms with Crippen molar-refractivity contribution in [2.75, 3.05) is 11.4 Å². The fourth-order valence-corrected chi connectivity index (χ4v) is 2.52. The number of carboxylic acids is 1. The van der Waals surface area contributed by atoms with Crippen molar-refractivity contribution in [3.05, 3.63) is 28.2 Å². The number of aliphatic carboxylic acids is 1. The summed E-state index contributed by atoms with van der Waals surface area (Å²) in [6.07, 6.45) is 1.48. The fraction of sp³-hybridized carbons (Fsp3) is 0.333. The molecule has 4 nitrogen and oxygen atoms in total. The van der Waals surface area contributed by atoms with E-state index < -0.39 is 12.0 Å². The van der Waals surface area contributed by atoms with Crippen molar-refractivity contribution >= 4 is 27.6 Å². The van der Waals surface area contributed by atoms with E-state index in [0.29, 0.717) is 24.2 Å². The highest BCUT2D eigenvalue weighted by molar-refractivity contribution is 9.10. The lowest BCUT2D eigenvalue weighted by Gasteiger charge is -2.24. The third kappa shape index (κ3) is 2.27. The highest BCUT2D eigenvalue weighted by atomic mass is 79.9. The maximum absolute atomic E-state index is 11.1. The predicted molar refractivity (Wildman–Crippen MR) is 66.9 cm³/mol. The van der Waals surface area contributed by atoms with Gasteiger partial charge in [0.05, 0.1) is 11.3 Å². The summed E-state index contributed by atoms with van der Waals surface area (Å²) in [5.41, 5.74) is 1.22. The maximum Gasteiger partial charge on any atom is 0.326 e. The SMILES string of the molecule is N#Cc1cc(Br)ccc1N1CCCC1C(=O)O. The number of anilines is 1. The van der Waals surface area contributed by atoms with E-state index in [0.717, 1.165) is 10.9 Å². The van der Waals surface area contributed by atoms with E-state index in [1.165, 1.54) is 0 Å². The van der Waals surface area contributed by atoms with Gasteiger partial charge < -0.3 is 10.0 Å². The molecule has 0 aromatic heterocycles. The smallest absolute Gasteiger partial charge is 0.326 e. The summed E-state index contributed by atoms with van der Waals surface area (Å²) in [5, 5.41) is 18.2. The molecule has 1 fully saturated rings. The number of nitriles is 1. The number of carboxylic acid groups (broad SMARTS) is 1. The highest BCUT2D eigenvalue weighted by Crippen LogP contribution is 2.30. The Balaban J connectivity index is 2.40. The zero-order chi connectivity index (χ0) is 12.4. The molecule has 0 radical (unpaired) electrons. The Hall–Kier alpha value is -1.54. The summed E-state index contributed by atoms with van der Waals surface area (Å²) in [4.78, 5) is 12.9. The van der Waals surface area contributed by atoms with Gasteiger partial charge in [-0.2, -0.15) is 5.26 Å². The molecule has 5 heteroatoms. The molecule has 0 saturated carbocycles. The first-order valence-electron chi connectivity index (χ1n) is 5.32. The summed E-state index contributed by atoms with van der Waals surface area (Å²) < 4.78 is 0.823. The quantitative estimate of drug-likeness (QED) is 0.909. The number of nitrogens with zero attached hydrogens (tertiary/aromatic N) is 2. The molecule has 1 heterocycles.